The molecule has 0 bridgehead atoms. The normalized spacial score (nSPS) is 14.4. The number of piperazine rings is 1. The zero-order valence-electron chi connectivity index (χ0n) is 18.0. The van der Waals surface area contributed by atoms with Crippen LogP contribution in [0.25, 0.3) is 0 Å². The minimum atomic E-state index is -0.0558. The highest BCUT2D eigenvalue weighted by molar-refractivity contribution is 5.88. The van der Waals surface area contributed by atoms with Gasteiger partial charge in [-0.05, 0) is 36.2 Å². The van der Waals surface area contributed by atoms with Crippen molar-refractivity contribution in [1.29, 1.82) is 0 Å². The van der Waals surface area contributed by atoms with Crippen molar-refractivity contribution in [3.05, 3.63) is 54.1 Å². The number of hydrogen-bond donors (Lipinski definition) is 2. The molecule has 1 heterocycles. The highest BCUT2D eigenvalue weighted by Crippen LogP contribution is 2.22. The zero-order valence-corrected chi connectivity index (χ0v) is 18.0. The summed E-state index contributed by atoms with van der Waals surface area (Å²) < 4.78 is 5.34. The van der Waals surface area contributed by atoms with E-state index in [0.717, 1.165) is 56.5 Å². The first-order valence-corrected chi connectivity index (χ1v) is 10.3. The summed E-state index contributed by atoms with van der Waals surface area (Å²) in [7, 11) is 3.53. The predicted molar refractivity (Wildman–Crippen MR) is 123 cm³/mol. The largest absolute Gasteiger partial charge is 0.497 e. The summed E-state index contributed by atoms with van der Waals surface area (Å²) in [5.74, 6) is 1.77. The smallest absolute Gasteiger partial charge is 0.221 e. The van der Waals surface area contributed by atoms with Crippen molar-refractivity contribution in [2.45, 2.75) is 13.3 Å². The van der Waals surface area contributed by atoms with Gasteiger partial charge in [-0.2, -0.15) is 0 Å². The van der Waals surface area contributed by atoms with Crippen molar-refractivity contribution in [1.82, 2.24) is 10.2 Å². The maximum absolute atomic E-state index is 11.1. The average molecular weight is 410 g/mol. The van der Waals surface area contributed by atoms with Crippen LogP contribution in [0.15, 0.2) is 53.5 Å². The second kappa shape index (κ2) is 10.5. The van der Waals surface area contributed by atoms with Crippen molar-refractivity contribution < 1.29 is 9.53 Å². The van der Waals surface area contributed by atoms with Crippen LogP contribution in [0.4, 0.5) is 11.4 Å². The van der Waals surface area contributed by atoms with Crippen LogP contribution < -0.4 is 20.3 Å². The van der Waals surface area contributed by atoms with Gasteiger partial charge in [0.05, 0.1) is 7.11 Å². The number of ether oxygens (including phenoxy) is 1. The Balaban J connectivity index is 1.46. The molecular weight excluding hydrogens is 378 g/mol. The number of amides is 1. The fourth-order valence-electron chi connectivity index (χ4n) is 3.59. The molecule has 1 amide bonds. The molecule has 0 aromatic heterocycles. The first kappa shape index (κ1) is 21.5. The number of carbonyl (C=O) groups excluding carboxylic acids is 1. The summed E-state index contributed by atoms with van der Waals surface area (Å²) >= 11 is 0. The Morgan fingerprint density at radius 3 is 2.47 bits per heavy atom. The lowest BCUT2D eigenvalue weighted by molar-refractivity contribution is -0.114. The summed E-state index contributed by atoms with van der Waals surface area (Å²) in [5, 5.41) is 6.26. The average Bonchev–Trinajstić information content (AvgIpc) is 2.78. The third-order valence-electron chi connectivity index (χ3n) is 5.18. The molecule has 1 aliphatic rings. The van der Waals surface area contributed by atoms with Gasteiger partial charge in [0.15, 0.2) is 5.96 Å². The number of guanidine groups is 1. The lowest BCUT2D eigenvalue weighted by atomic mass is 10.1. The minimum absolute atomic E-state index is 0.0558. The molecule has 0 spiro atoms. The van der Waals surface area contributed by atoms with E-state index in [9.17, 15) is 4.79 Å². The molecule has 3 rings (SSSR count). The van der Waals surface area contributed by atoms with Gasteiger partial charge in [0.2, 0.25) is 5.91 Å². The Hall–Kier alpha value is -3.22. The van der Waals surface area contributed by atoms with Crippen LogP contribution in [0, 0.1) is 0 Å². The molecule has 1 aliphatic heterocycles. The van der Waals surface area contributed by atoms with Crippen LogP contribution in [0.1, 0.15) is 12.5 Å². The van der Waals surface area contributed by atoms with Crippen molar-refractivity contribution in [3.8, 4) is 5.75 Å². The van der Waals surface area contributed by atoms with E-state index in [1.165, 1.54) is 18.2 Å². The standard InChI is InChI=1S/C23H31N5O2/c1-18(29)26-20-9-7-19(8-10-20)11-12-25-23(24-2)28-15-13-27(14-16-28)21-5-4-6-22(17-21)30-3/h4-10,17H,11-16H2,1-3H3,(H,24,25)(H,26,29). The minimum Gasteiger partial charge on any atom is -0.497 e. The first-order chi connectivity index (χ1) is 14.6. The highest BCUT2D eigenvalue weighted by atomic mass is 16.5. The summed E-state index contributed by atoms with van der Waals surface area (Å²) in [6.07, 6.45) is 0.892. The lowest BCUT2D eigenvalue weighted by Gasteiger charge is -2.37. The number of rotatable bonds is 6. The molecule has 0 atom stereocenters. The van der Waals surface area contributed by atoms with Crippen LogP contribution in [-0.2, 0) is 11.2 Å². The molecule has 2 N–H and O–H groups in total. The van der Waals surface area contributed by atoms with E-state index in [-0.39, 0.29) is 5.91 Å². The topological polar surface area (TPSA) is 69.2 Å². The van der Waals surface area contributed by atoms with E-state index in [2.05, 4.69) is 37.6 Å². The third kappa shape index (κ3) is 5.89. The molecule has 0 aliphatic carbocycles. The van der Waals surface area contributed by atoms with Gasteiger partial charge in [-0.3, -0.25) is 9.79 Å². The maximum atomic E-state index is 11.1. The van der Waals surface area contributed by atoms with Crippen LogP contribution in [-0.4, -0.2) is 63.6 Å². The summed E-state index contributed by atoms with van der Waals surface area (Å²) in [5.41, 5.74) is 3.23. The quantitative estimate of drug-likeness (QED) is 0.567. The van der Waals surface area contributed by atoms with E-state index in [1.807, 2.05) is 43.4 Å². The Bertz CT molecular complexity index is 858. The van der Waals surface area contributed by atoms with Gasteiger partial charge in [0.25, 0.3) is 0 Å². The Kier molecular flexibility index (Phi) is 7.54. The SMILES string of the molecule is CN=C(NCCc1ccc(NC(C)=O)cc1)N1CCN(c2cccc(OC)c2)CC1. The summed E-state index contributed by atoms with van der Waals surface area (Å²) in [6.45, 7) is 6.05. The second-order valence-electron chi connectivity index (χ2n) is 7.28. The molecule has 1 fully saturated rings. The van der Waals surface area contributed by atoms with Crippen LogP contribution in [0.2, 0.25) is 0 Å². The van der Waals surface area contributed by atoms with Gasteiger partial charge < -0.3 is 25.2 Å². The molecule has 160 valence electrons. The number of methoxy groups -OCH3 is 1. The van der Waals surface area contributed by atoms with Crippen LogP contribution in [0.3, 0.4) is 0 Å². The highest BCUT2D eigenvalue weighted by Gasteiger charge is 2.20. The summed E-state index contributed by atoms with van der Waals surface area (Å²) in [6, 6.07) is 16.2. The van der Waals surface area contributed by atoms with Crippen LogP contribution >= 0.6 is 0 Å². The first-order valence-electron chi connectivity index (χ1n) is 10.3. The van der Waals surface area contributed by atoms with Gasteiger partial charge in [-0.15, -0.1) is 0 Å². The van der Waals surface area contributed by atoms with Crippen molar-refractivity contribution >= 4 is 23.2 Å². The fourth-order valence-corrected chi connectivity index (χ4v) is 3.59. The number of aliphatic imine (C=N–C) groups is 1. The Labute approximate surface area is 178 Å². The van der Waals surface area contributed by atoms with Crippen molar-refractivity contribution in [2.75, 3.05) is 57.1 Å². The third-order valence-corrected chi connectivity index (χ3v) is 5.18. The lowest BCUT2D eigenvalue weighted by Crippen LogP contribution is -2.52. The van der Waals surface area contributed by atoms with Crippen molar-refractivity contribution in [3.63, 3.8) is 0 Å². The molecule has 1 saturated heterocycles. The maximum Gasteiger partial charge on any atom is 0.221 e. The number of hydrogen-bond acceptors (Lipinski definition) is 4. The van der Waals surface area contributed by atoms with Crippen LogP contribution in [0.5, 0.6) is 5.75 Å². The summed E-state index contributed by atoms with van der Waals surface area (Å²) in [4.78, 5) is 20.3. The predicted octanol–water partition coefficient (Wildman–Crippen LogP) is 2.59. The van der Waals surface area contributed by atoms with E-state index in [1.54, 1.807) is 7.11 Å². The van der Waals surface area contributed by atoms with E-state index < -0.39 is 0 Å². The molecule has 0 unspecified atom stereocenters. The fraction of sp³-hybridized carbons (Fsp3) is 0.391. The Morgan fingerprint density at radius 1 is 1.10 bits per heavy atom. The molecule has 2 aromatic carbocycles. The molecule has 0 saturated carbocycles. The number of anilines is 2. The number of benzene rings is 2. The van der Waals surface area contributed by atoms with Gasteiger partial charge in [0, 0.05) is 64.1 Å². The molecule has 7 nitrogen and oxygen atoms in total. The zero-order chi connectivity index (χ0) is 21.3. The van der Waals surface area contributed by atoms with E-state index >= 15 is 0 Å². The van der Waals surface area contributed by atoms with Gasteiger partial charge in [-0.25, -0.2) is 0 Å². The van der Waals surface area contributed by atoms with E-state index in [4.69, 9.17) is 4.74 Å². The van der Waals surface area contributed by atoms with E-state index in [0.29, 0.717) is 0 Å². The number of carbonyl (C=O) groups is 1. The monoisotopic (exact) mass is 409 g/mol. The second-order valence-corrected chi connectivity index (χ2v) is 7.28. The van der Waals surface area contributed by atoms with Gasteiger partial charge in [0.1, 0.15) is 5.75 Å². The molecule has 7 heteroatoms. The van der Waals surface area contributed by atoms with Crippen molar-refractivity contribution in [2.24, 2.45) is 4.99 Å². The number of nitrogens with zero attached hydrogens (tertiary/aromatic N) is 3. The molecule has 2 aromatic rings. The molecular formula is C23H31N5O2. The molecule has 30 heavy (non-hydrogen) atoms. The number of nitrogens with one attached hydrogen (secondary N) is 2. The molecule has 0 radical (unpaired) electrons. The Morgan fingerprint density at radius 2 is 1.83 bits per heavy atom. The van der Waals surface area contributed by atoms with Gasteiger partial charge in [-0.1, -0.05) is 18.2 Å². The van der Waals surface area contributed by atoms with Gasteiger partial charge >= 0.3 is 0 Å².